The molecule has 0 bridgehead atoms. The second-order valence-electron chi connectivity index (χ2n) is 6.07. The van der Waals surface area contributed by atoms with Crippen molar-refractivity contribution in [2.45, 2.75) is 39.3 Å². The van der Waals surface area contributed by atoms with Crippen molar-refractivity contribution >= 4 is 17.3 Å². The van der Waals surface area contributed by atoms with Gasteiger partial charge in [-0.15, -0.1) is 0 Å². The number of hydrogen-bond donors (Lipinski definition) is 2. The van der Waals surface area contributed by atoms with Gasteiger partial charge in [0.1, 0.15) is 5.75 Å². The van der Waals surface area contributed by atoms with Gasteiger partial charge in [-0.1, -0.05) is 19.1 Å². The molecule has 24 heavy (non-hydrogen) atoms. The number of ether oxygens (including phenoxy) is 1. The fraction of sp³-hybridized carbons (Fsp3) is 0.421. The standard InChI is InChI=1S/C19H27N3OS/c1-14(2)23-18-7-5-16(6-8-18)12-22-19(20-4)21-11-15(3)17-9-10-24-13-17/h5-10,13-15H,11-12H2,1-4H3,(H2,20,21,22). The van der Waals surface area contributed by atoms with Crippen molar-refractivity contribution in [2.75, 3.05) is 13.6 Å². The molecule has 4 nitrogen and oxygen atoms in total. The monoisotopic (exact) mass is 345 g/mol. The Morgan fingerprint density at radius 2 is 1.88 bits per heavy atom. The van der Waals surface area contributed by atoms with E-state index in [1.807, 2.05) is 26.0 Å². The minimum atomic E-state index is 0.196. The Labute approximate surface area is 149 Å². The van der Waals surface area contributed by atoms with E-state index in [9.17, 15) is 0 Å². The highest BCUT2D eigenvalue weighted by Gasteiger charge is 2.07. The maximum Gasteiger partial charge on any atom is 0.191 e. The van der Waals surface area contributed by atoms with E-state index < -0.39 is 0 Å². The molecule has 0 fully saturated rings. The van der Waals surface area contributed by atoms with E-state index in [1.165, 1.54) is 11.1 Å². The van der Waals surface area contributed by atoms with Gasteiger partial charge in [-0.05, 0) is 59.9 Å². The van der Waals surface area contributed by atoms with Gasteiger partial charge in [-0.3, -0.25) is 4.99 Å². The van der Waals surface area contributed by atoms with Gasteiger partial charge in [0.25, 0.3) is 0 Å². The van der Waals surface area contributed by atoms with Gasteiger partial charge in [0, 0.05) is 20.1 Å². The minimum absolute atomic E-state index is 0.196. The molecular weight excluding hydrogens is 318 g/mol. The number of benzene rings is 1. The molecule has 0 aliphatic heterocycles. The third kappa shape index (κ3) is 5.89. The van der Waals surface area contributed by atoms with Crippen LogP contribution in [-0.4, -0.2) is 25.7 Å². The number of rotatable bonds is 7. The predicted molar refractivity (Wildman–Crippen MR) is 103 cm³/mol. The zero-order chi connectivity index (χ0) is 17.4. The topological polar surface area (TPSA) is 45.7 Å². The van der Waals surface area contributed by atoms with Crippen molar-refractivity contribution in [1.82, 2.24) is 10.6 Å². The van der Waals surface area contributed by atoms with Crippen LogP contribution in [0.25, 0.3) is 0 Å². The molecule has 130 valence electrons. The lowest BCUT2D eigenvalue weighted by molar-refractivity contribution is 0.242. The zero-order valence-corrected chi connectivity index (χ0v) is 15.7. The fourth-order valence-corrected chi connectivity index (χ4v) is 3.07. The number of guanidine groups is 1. The Balaban J connectivity index is 1.79. The molecule has 0 radical (unpaired) electrons. The first-order valence-corrected chi connectivity index (χ1v) is 9.25. The van der Waals surface area contributed by atoms with Crippen LogP contribution in [0.2, 0.25) is 0 Å². The molecule has 0 amide bonds. The van der Waals surface area contributed by atoms with Crippen LogP contribution < -0.4 is 15.4 Å². The molecular formula is C19H27N3OS. The van der Waals surface area contributed by atoms with Gasteiger partial charge in [0.2, 0.25) is 0 Å². The Kier molecular flexibility index (Phi) is 7.12. The van der Waals surface area contributed by atoms with E-state index in [-0.39, 0.29) is 6.10 Å². The summed E-state index contributed by atoms with van der Waals surface area (Å²) in [6, 6.07) is 10.3. The lowest BCUT2D eigenvalue weighted by Gasteiger charge is -2.16. The second-order valence-corrected chi connectivity index (χ2v) is 6.85. The average molecular weight is 346 g/mol. The smallest absolute Gasteiger partial charge is 0.191 e. The molecule has 1 aromatic carbocycles. The molecule has 2 rings (SSSR count). The Morgan fingerprint density at radius 1 is 1.12 bits per heavy atom. The number of aliphatic imine (C=N–C) groups is 1. The van der Waals surface area contributed by atoms with Crippen LogP contribution in [0.3, 0.4) is 0 Å². The largest absolute Gasteiger partial charge is 0.491 e. The number of hydrogen-bond acceptors (Lipinski definition) is 3. The molecule has 0 saturated heterocycles. The summed E-state index contributed by atoms with van der Waals surface area (Å²) in [6.07, 6.45) is 0.196. The molecule has 1 atom stereocenters. The van der Waals surface area contributed by atoms with E-state index in [2.05, 4.69) is 51.5 Å². The summed E-state index contributed by atoms with van der Waals surface area (Å²) in [4.78, 5) is 4.29. The summed E-state index contributed by atoms with van der Waals surface area (Å²) >= 11 is 1.74. The van der Waals surface area contributed by atoms with Crippen LogP contribution in [0, 0.1) is 0 Å². The van der Waals surface area contributed by atoms with Crippen LogP contribution in [0.4, 0.5) is 0 Å². The molecule has 5 heteroatoms. The predicted octanol–water partition coefficient (Wildman–Crippen LogP) is 4.00. The summed E-state index contributed by atoms with van der Waals surface area (Å²) in [7, 11) is 1.80. The second kappa shape index (κ2) is 9.33. The molecule has 0 aliphatic carbocycles. The van der Waals surface area contributed by atoms with E-state index >= 15 is 0 Å². The van der Waals surface area contributed by atoms with Gasteiger partial charge < -0.3 is 15.4 Å². The van der Waals surface area contributed by atoms with Gasteiger partial charge in [0.15, 0.2) is 5.96 Å². The quantitative estimate of drug-likeness (QED) is 0.589. The first-order valence-electron chi connectivity index (χ1n) is 8.30. The van der Waals surface area contributed by atoms with Crippen molar-refractivity contribution in [3.63, 3.8) is 0 Å². The summed E-state index contributed by atoms with van der Waals surface area (Å²) in [5.41, 5.74) is 2.56. The van der Waals surface area contributed by atoms with Crippen LogP contribution in [0.15, 0.2) is 46.1 Å². The summed E-state index contributed by atoms with van der Waals surface area (Å²) in [5.74, 6) is 2.18. The van der Waals surface area contributed by atoms with Gasteiger partial charge >= 0.3 is 0 Å². The molecule has 1 heterocycles. The van der Waals surface area contributed by atoms with Crippen LogP contribution >= 0.6 is 11.3 Å². The Hall–Kier alpha value is -2.01. The number of thiophene rings is 1. The normalized spacial score (nSPS) is 13.0. The number of nitrogens with one attached hydrogen (secondary N) is 2. The van der Waals surface area contributed by atoms with Crippen molar-refractivity contribution in [3.05, 3.63) is 52.2 Å². The van der Waals surface area contributed by atoms with Crippen LogP contribution in [-0.2, 0) is 6.54 Å². The molecule has 0 spiro atoms. The van der Waals surface area contributed by atoms with E-state index in [0.717, 1.165) is 24.8 Å². The third-order valence-electron chi connectivity index (χ3n) is 3.67. The lowest BCUT2D eigenvalue weighted by atomic mass is 10.1. The van der Waals surface area contributed by atoms with Gasteiger partial charge in [-0.2, -0.15) is 11.3 Å². The van der Waals surface area contributed by atoms with Crippen molar-refractivity contribution in [2.24, 2.45) is 4.99 Å². The van der Waals surface area contributed by atoms with Gasteiger partial charge in [0.05, 0.1) is 6.10 Å². The SMILES string of the molecule is CN=C(NCc1ccc(OC(C)C)cc1)NCC(C)c1ccsc1. The minimum Gasteiger partial charge on any atom is -0.491 e. The Bertz CT molecular complexity index is 621. The third-order valence-corrected chi connectivity index (χ3v) is 4.37. The van der Waals surface area contributed by atoms with E-state index in [1.54, 1.807) is 18.4 Å². The molecule has 1 aromatic heterocycles. The Morgan fingerprint density at radius 3 is 2.46 bits per heavy atom. The maximum atomic E-state index is 5.66. The summed E-state index contributed by atoms with van der Waals surface area (Å²) in [6.45, 7) is 7.87. The first-order chi connectivity index (χ1) is 11.6. The van der Waals surface area contributed by atoms with Crippen LogP contribution in [0.5, 0.6) is 5.75 Å². The average Bonchev–Trinajstić information content (AvgIpc) is 3.10. The summed E-state index contributed by atoms with van der Waals surface area (Å²) < 4.78 is 5.66. The highest BCUT2D eigenvalue weighted by Crippen LogP contribution is 2.17. The van der Waals surface area contributed by atoms with Crippen molar-refractivity contribution < 1.29 is 4.74 Å². The van der Waals surface area contributed by atoms with Crippen LogP contribution in [0.1, 0.15) is 37.8 Å². The zero-order valence-electron chi connectivity index (χ0n) is 14.9. The molecule has 0 aliphatic rings. The first kappa shape index (κ1) is 18.3. The van der Waals surface area contributed by atoms with E-state index in [0.29, 0.717) is 5.92 Å². The maximum absolute atomic E-state index is 5.66. The highest BCUT2D eigenvalue weighted by atomic mass is 32.1. The molecule has 1 unspecified atom stereocenters. The fourth-order valence-electron chi connectivity index (χ4n) is 2.29. The van der Waals surface area contributed by atoms with Crippen molar-refractivity contribution in [3.8, 4) is 5.75 Å². The molecule has 0 saturated carbocycles. The van der Waals surface area contributed by atoms with E-state index in [4.69, 9.17) is 4.74 Å². The highest BCUT2D eigenvalue weighted by molar-refractivity contribution is 7.07. The van der Waals surface area contributed by atoms with Gasteiger partial charge in [-0.25, -0.2) is 0 Å². The molecule has 2 N–H and O–H groups in total. The number of nitrogens with zero attached hydrogens (tertiary/aromatic N) is 1. The molecule has 2 aromatic rings. The van der Waals surface area contributed by atoms with Crippen molar-refractivity contribution in [1.29, 1.82) is 0 Å². The lowest BCUT2D eigenvalue weighted by Crippen LogP contribution is -2.38. The summed E-state index contributed by atoms with van der Waals surface area (Å²) in [5, 5.41) is 11.0.